The van der Waals surface area contributed by atoms with Gasteiger partial charge in [-0.1, -0.05) is 127 Å². The molecule has 0 aromatic heterocycles. The van der Waals surface area contributed by atoms with Gasteiger partial charge >= 0.3 is 11.9 Å². The Morgan fingerprint density at radius 2 is 1.02 bits per heavy atom. The van der Waals surface area contributed by atoms with Crippen LogP contribution in [0.5, 0.6) is 0 Å². The Bertz CT molecular complexity index is 769. The van der Waals surface area contributed by atoms with Crippen molar-refractivity contribution in [3.63, 3.8) is 0 Å². The average Bonchev–Trinajstić information content (AvgIpc) is 3.02. The Kier molecular flexibility index (Phi) is 32.0. The normalized spacial score (nSPS) is 13.5. The Hall–Kier alpha value is -2.18. The van der Waals surface area contributed by atoms with Crippen LogP contribution in [0.4, 0.5) is 0 Å². The molecule has 0 aromatic rings. The van der Waals surface area contributed by atoms with Gasteiger partial charge in [-0.3, -0.25) is 9.59 Å². The summed E-state index contributed by atoms with van der Waals surface area (Å²) in [6.45, 7) is 4.59. The Morgan fingerprint density at radius 1 is 0.591 bits per heavy atom. The van der Waals surface area contributed by atoms with E-state index in [9.17, 15) is 14.7 Å². The summed E-state index contributed by atoms with van der Waals surface area (Å²) in [5.74, 6) is 0.205. The highest BCUT2D eigenvalue weighted by Gasteiger charge is 2.12. The molecular formula is C38H66O6. The zero-order valence-corrected chi connectivity index (χ0v) is 28.3. The molecule has 254 valence electrons. The molecule has 44 heavy (non-hydrogen) atoms. The minimum Gasteiger partial charge on any atom is -0.463 e. The molecule has 1 unspecified atom stereocenters. The van der Waals surface area contributed by atoms with E-state index in [0.29, 0.717) is 25.9 Å². The van der Waals surface area contributed by atoms with Gasteiger partial charge in [-0.15, -0.1) is 0 Å². The first-order valence-corrected chi connectivity index (χ1v) is 17.7. The Labute approximate surface area is 270 Å². The molecular weight excluding hydrogens is 552 g/mol. The number of carbonyl (C=O) groups excluding carboxylic acids is 2. The first kappa shape index (κ1) is 41.8. The maximum absolute atomic E-state index is 11.9. The third-order valence-electron chi connectivity index (χ3n) is 7.66. The molecule has 0 amide bonds. The van der Waals surface area contributed by atoms with E-state index in [1.54, 1.807) is 0 Å². The zero-order valence-electron chi connectivity index (χ0n) is 28.3. The van der Waals surface area contributed by atoms with Gasteiger partial charge in [-0.2, -0.15) is 0 Å². The van der Waals surface area contributed by atoms with Crippen molar-refractivity contribution in [1.82, 2.24) is 0 Å². The minimum absolute atomic E-state index is 0.140. The van der Waals surface area contributed by atoms with Crippen molar-refractivity contribution in [2.45, 2.75) is 155 Å². The van der Waals surface area contributed by atoms with Gasteiger partial charge in [0, 0.05) is 19.4 Å². The first-order chi connectivity index (χ1) is 21.5. The standard InChI is InChI=1S/C38H66O6/c1-3-35(2)29-25-21-17-14-15-19-23-27-31-38(42)44-34-36(40)33-43-37(41)30-26-22-18-13-11-9-7-5-4-6-8-10-12-16-20-24-28-32-39/h4,6-7,9-10,12-13,18,35-36,39-40H,3,5,8,11,14-17,19-34H2,1-2H3/b6-4-,9-7-,12-10-,18-13-/t35?,36-/m1/s1. The summed E-state index contributed by atoms with van der Waals surface area (Å²) in [4.78, 5) is 23.8. The molecule has 0 rings (SSSR count). The van der Waals surface area contributed by atoms with Crippen LogP contribution in [0.25, 0.3) is 0 Å². The monoisotopic (exact) mass is 618 g/mol. The fourth-order valence-corrected chi connectivity index (χ4v) is 4.56. The molecule has 0 fully saturated rings. The van der Waals surface area contributed by atoms with Gasteiger partial charge in [0.1, 0.15) is 19.3 Å². The van der Waals surface area contributed by atoms with Gasteiger partial charge in [-0.05, 0) is 63.7 Å². The molecule has 2 atom stereocenters. The highest BCUT2D eigenvalue weighted by Crippen LogP contribution is 2.15. The van der Waals surface area contributed by atoms with Gasteiger partial charge in [0.15, 0.2) is 0 Å². The molecule has 0 aliphatic rings. The molecule has 6 nitrogen and oxygen atoms in total. The SMILES string of the molecule is CCC(C)CCCCCCCCCCC(=O)OC[C@H](O)COC(=O)CCC/C=C\C/C=C\C/C=C\C/C=C\CCCCCO. The number of aliphatic hydroxyl groups is 2. The van der Waals surface area contributed by atoms with Crippen LogP contribution in [0.15, 0.2) is 48.6 Å². The molecule has 0 aliphatic heterocycles. The lowest BCUT2D eigenvalue weighted by atomic mass is 9.99. The van der Waals surface area contributed by atoms with E-state index in [-0.39, 0.29) is 25.2 Å². The van der Waals surface area contributed by atoms with Crippen LogP contribution in [-0.4, -0.2) is 48.1 Å². The van der Waals surface area contributed by atoms with E-state index < -0.39 is 6.10 Å². The third-order valence-corrected chi connectivity index (χ3v) is 7.66. The quantitative estimate of drug-likeness (QED) is 0.0457. The molecule has 2 N–H and O–H groups in total. The number of esters is 2. The molecule has 0 aliphatic carbocycles. The van der Waals surface area contributed by atoms with E-state index >= 15 is 0 Å². The van der Waals surface area contributed by atoms with E-state index in [4.69, 9.17) is 14.6 Å². The summed E-state index contributed by atoms with van der Waals surface area (Å²) in [6.07, 6.45) is 37.4. The van der Waals surface area contributed by atoms with Crippen molar-refractivity contribution in [3.8, 4) is 0 Å². The van der Waals surface area contributed by atoms with Gasteiger partial charge < -0.3 is 19.7 Å². The number of hydrogen-bond donors (Lipinski definition) is 2. The predicted octanol–water partition coefficient (Wildman–Crippen LogP) is 9.50. The molecule has 0 saturated heterocycles. The molecule has 0 bridgehead atoms. The molecule has 0 heterocycles. The van der Waals surface area contributed by atoms with Crippen LogP contribution < -0.4 is 0 Å². The van der Waals surface area contributed by atoms with Crippen molar-refractivity contribution in [3.05, 3.63) is 48.6 Å². The number of rotatable bonds is 31. The predicted molar refractivity (Wildman–Crippen MR) is 183 cm³/mol. The summed E-state index contributed by atoms with van der Waals surface area (Å²) < 4.78 is 10.2. The fraction of sp³-hybridized carbons (Fsp3) is 0.737. The fourth-order valence-electron chi connectivity index (χ4n) is 4.56. The van der Waals surface area contributed by atoms with Crippen LogP contribution in [-0.2, 0) is 19.1 Å². The second-order valence-corrected chi connectivity index (χ2v) is 12.0. The molecule has 0 saturated carbocycles. The maximum Gasteiger partial charge on any atom is 0.305 e. The lowest BCUT2D eigenvalue weighted by Crippen LogP contribution is -2.25. The lowest BCUT2D eigenvalue weighted by Gasteiger charge is -2.12. The van der Waals surface area contributed by atoms with Gasteiger partial charge in [-0.25, -0.2) is 0 Å². The summed E-state index contributed by atoms with van der Waals surface area (Å²) in [5, 5.41) is 18.7. The Balaban J connectivity index is 3.58. The van der Waals surface area contributed by atoms with Crippen molar-refractivity contribution >= 4 is 11.9 Å². The summed E-state index contributed by atoms with van der Waals surface area (Å²) in [7, 11) is 0. The van der Waals surface area contributed by atoms with E-state index in [1.165, 1.54) is 44.9 Å². The summed E-state index contributed by atoms with van der Waals surface area (Å²) in [6, 6.07) is 0. The zero-order chi connectivity index (χ0) is 32.4. The number of aliphatic hydroxyl groups excluding tert-OH is 2. The van der Waals surface area contributed by atoms with Crippen LogP contribution >= 0.6 is 0 Å². The largest absolute Gasteiger partial charge is 0.463 e. The number of ether oxygens (including phenoxy) is 2. The lowest BCUT2D eigenvalue weighted by molar-refractivity contribution is -0.152. The highest BCUT2D eigenvalue weighted by molar-refractivity contribution is 5.69. The van der Waals surface area contributed by atoms with E-state index in [1.807, 2.05) is 0 Å². The van der Waals surface area contributed by atoms with Crippen molar-refractivity contribution in [2.75, 3.05) is 19.8 Å². The second-order valence-electron chi connectivity index (χ2n) is 12.0. The van der Waals surface area contributed by atoms with Crippen LogP contribution in [0.3, 0.4) is 0 Å². The topological polar surface area (TPSA) is 93.1 Å². The summed E-state index contributed by atoms with van der Waals surface area (Å²) >= 11 is 0. The minimum atomic E-state index is -0.992. The van der Waals surface area contributed by atoms with Crippen LogP contribution in [0.1, 0.15) is 149 Å². The van der Waals surface area contributed by atoms with Crippen molar-refractivity contribution < 1.29 is 29.3 Å². The van der Waals surface area contributed by atoms with E-state index in [0.717, 1.165) is 76.5 Å². The Morgan fingerprint density at radius 3 is 1.55 bits per heavy atom. The van der Waals surface area contributed by atoms with Crippen molar-refractivity contribution in [2.24, 2.45) is 5.92 Å². The van der Waals surface area contributed by atoms with Crippen molar-refractivity contribution in [1.29, 1.82) is 0 Å². The number of allylic oxidation sites excluding steroid dienone is 8. The van der Waals surface area contributed by atoms with Gasteiger partial charge in [0.25, 0.3) is 0 Å². The highest BCUT2D eigenvalue weighted by atomic mass is 16.6. The number of hydrogen-bond acceptors (Lipinski definition) is 6. The number of unbranched alkanes of at least 4 members (excludes halogenated alkanes) is 11. The van der Waals surface area contributed by atoms with Gasteiger partial charge in [0.2, 0.25) is 0 Å². The molecule has 6 heteroatoms. The molecule has 0 radical (unpaired) electrons. The van der Waals surface area contributed by atoms with Crippen LogP contribution in [0.2, 0.25) is 0 Å². The number of carbonyl (C=O) groups is 2. The molecule has 0 spiro atoms. The van der Waals surface area contributed by atoms with E-state index in [2.05, 4.69) is 62.5 Å². The second kappa shape index (κ2) is 33.7. The third kappa shape index (κ3) is 32.7. The molecule has 0 aromatic carbocycles. The van der Waals surface area contributed by atoms with Crippen LogP contribution in [0, 0.1) is 5.92 Å². The summed E-state index contributed by atoms with van der Waals surface area (Å²) in [5.41, 5.74) is 0. The average molecular weight is 619 g/mol. The van der Waals surface area contributed by atoms with Gasteiger partial charge in [0.05, 0.1) is 0 Å². The smallest absolute Gasteiger partial charge is 0.305 e. The first-order valence-electron chi connectivity index (χ1n) is 17.7. The maximum atomic E-state index is 11.9.